The second kappa shape index (κ2) is 6.80. The number of nitrogens with zero attached hydrogens (tertiary/aromatic N) is 2. The van der Waals surface area contributed by atoms with Crippen LogP contribution in [0.15, 0.2) is 28.8 Å². The highest BCUT2D eigenvalue weighted by Gasteiger charge is 2.30. The van der Waals surface area contributed by atoms with Gasteiger partial charge >= 0.3 is 6.18 Å². The molecule has 0 aliphatic carbocycles. The van der Waals surface area contributed by atoms with Crippen LogP contribution in [0.5, 0.6) is 0 Å². The second-order valence-electron chi connectivity index (χ2n) is 5.49. The Morgan fingerprint density at radius 1 is 1.26 bits per heavy atom. The summed E-state index contributed by atoms with van der Waals surface area (Å²) in [5.74, 6) is -0.318. The van der Waals surface area contributed by atoms with Crippen molar-refractivity contribution in [1.29, 1.82) is 0 Å². The molecule has 0 saturated carbocycles. The first-order valence-corrected chi connectivity index (χ1v) is 7.02. The molecular formula is C15H16F3N3O2. The number of benzene rings is 1. The summed E-state index contributed by atoms with van der Waals surface area (Å²) in [6.07, 6.45) is -5.63. The monoisotopic (exact) mass is 327 g/mol. The fourth-order valence-electron chi connectivity index (χ4n) is 1.79. The Kier molecular flexibility index (Phi) is 5.02. The molecular weight excluding hydrogens is 311 g/mol. The van der Waals surface area contributed by atoms with Gasteiger partial charge in [-0.25, -0.2) is 0 Å². The van der Waals surface area contributed by atoms with Gasteiger partial charge in [-0.05, 0) is 30.2 Å². The predicted molar refractivity (Wildman–Crippen MR) is 76.7 cm³/mol. The molecule has 124 valence electrons. The molecule has 0 unspecified atom stereocenters. The molecule has 1 aromatic carbocycles. The summed E-state index contributed by atoms with van der Waals surface area (Å²) in [5.41, 5.74) is 0.899. The largest absolute Gasteiger partial charge is 0.396 e. The van der Waals surface area contributed by atoms with E-state index in [-0.39, 0.29) is 11.8 Å². The molecule has 1 amide bonds. The van der Waals surface area contributed by atoms with Crippen LogP contribution in [0.25, 0.3) is 11.5 Å². The molecule has 0 atom stereocenters. The third kappa shape index (κ3) is 5.08. The molecule has 0 bridgehead atoms. The van der Waals surface area contributed by atoms with Crippen LogP contribution >= 0.6 is 0 Å². The Labute approximate surface area is 130 Å². The summed E-state index contributed by atoms with van der Waals surface area (Å²) in [6.45, 7) is 4.53. The summed E-state index contributed by atoms with van der Waals surface area (Å²) in [7, 11) is 0. The van der Waals surface area contributed by atoms with Crippen molar-refractivity contribution in [3.63, 3.8) is 0 Å². The summed E-state index contributed by atoms with van der Waals surface area (Å²) < 4.78 is 41.6. The van der Waals surface area contributed by atoms with E-state index in [0.717, 1.165) is 0 Å². The van der Waals surface area contributed by atoms with Gasteiger partial charge in [0.15, 0.2) is 5.82 Å². The molecule has 5 nitrogen and oxygen atoms in total. The normalized spacial score (nSPS) is 11.7. The highest BCUT2D eigenvalue weighted by molar-refractivity contribution is 5.94. The number of amides is 1. The van der Waals surface area contributed by atoms with Gasteiger partial charge < -0.3 is 9.84 Å². The molecule has 1 heterocycles. The van der Waals surface area contributed by atoms with Crippen molar-refractivity contribution in [2.75, 3.05) is 6.54 Å². The standard InChI is InChI=1S/C15H16F3N3O2/c1-9(2)8-19-13(22)10-3-5-11(6-4-10)14-20-12(21-23-14)7-15(16,17)18/h3-6,9H,7-8H2,1-2H3,(H,19,22). The first-order valence-electron chi connectivity index (χ1n) is 7.02. The van der Waals surface area contributed by atoms with Crippen molar-refractivity contribution < 1.29 is 22.5 Å². The van der Waals surface area contributed by atoms with E-state index in [4.69, 9.17) is 4.52 Å². The Hall–Kier alpha value is -2.38. The second-order valence-corrected chi connectivity index (χ2v) is 5.49. The highest BCUT2D eigenvalue weighted by atomic mass is 19.4. The van der Waals surface area contributed by atoms with E-state index in [1.165, 1.54) is 0 Å². The molecule has 8 heteroatoms. The topological polar surface area (TPSA) is 68.0 Å². The third-order valence-electron chi connectivity index (χ3n) is 2.89. The smallest absolute Gasteiger partial charge is 0.352 e. The van der Waals surface area contributed by atoms with Crippen LogP contribution in [-0.4, -0.2) is 28.8 Å². The van der Waals surface area contributed by atoms with Gasteiger partial charge in [-0.15, -0.1) is 0 Å². The maximum absolute atomic E-state index is 12.3. The summed E-state index contributed by atoms with van der Waals surface area (Å²) in [6, 6.07) is 6.21. The molecule has 0 fully saturated rings. The van der Waals surface area contributed by atoms with E-state index in [1.54, 1.807) is 24.3 Å². The minimum absolute atomic E-state index is 0.0154. The third-order valence-corrected chi connectivity index (χ3v) is 2.89. The van der Waals surface area contributed by atoms with Crippen LogP contribution in [0.1, 0.15) is 30.0 Å². The van der Waals surface area contributed by atoms with Crippen LogP contribution < -0.4 is 5.32 Å². The molecule has 2 rings (SSSR count). The average Bonchev–Trinajstić information content (AvgIpc) is 2.91. The lowest BCUT2D eigenvalue weighted by molar-refractivity contribution is -0.128. The minimum Gasteiger partial charge on any atom is -0.352 e. The number of hydrogen-bond acceptors (Lipinski definition) is 4. The SMILES string of the molecule is CC(C)CNC(=O)c1ccc(-c2nc(CC(F)(F)F)no2)cc1. The fourth-order valence-corrected chi connectivity index (χ4v) is 1.79. The molecule has 0 aliphatic heterocycles. The van der Waals surface area contributed by atoms with E-state index < -0.39 is 18.4 Å². The Morgan fingerprint density at radius 2 is 1.91 bits per heavy atom. The van der Waals surface area contributed by atoms with Gasteiger partial charge in [-0.3, -0.25) is 4.79 Å². The molecule has 0 spiro atoms. The minimum atomic E-state index is -4.39. The van der Waals surface area contributed by atoms with Crippen molar-refractivity contribution in [1.82, 2.24) is 15.5 Å². The Morgan fingerprint density at radius 3 is 2.48 bits per heavy atom. The zero-order valence-corrected chi connectivity index (χ0v) is 12.6. The highest BCUT2D eigenvalue weighted by Crippen LogP contribution is 2.22. The molecule has 1 N–H and O–H groups in total. The number of alkyl halides is 3. The van der Waals surface area contributed by atoms with Crippen molar-refractivity contribution in [2.45, 2.75) is 26.4 Å². The summed E-state index contributed by atoms with van der Waals surface area (Å²) in [5, 5.41) is 6.07. The number of aromatic nitrogens is 2. The van der Waals surface area contributed by atoms with Gasteiger partial charge in [0.2, 0.25) is 0 Å². The fraction of sp³-hybridized carbons (Fsp3) is 0.400. The summed E-state index contributed by atoms with van der Waals surface area (Å²) >= 11 is 0. The number of carbonyl (C=O) groups is 1. The van der Waals surface area contributed by atoms with Crippen molar-refractivity contribution in [2.24, 2.45) is 5.92 Å². The lowest BCUT2D eigenvalue weighted by atomic mass is 10.1. The van der Waals surface area contributed by atoms with E-state index in [9.17, 15) is 18.0 Å². The van der Waals surface area contributed by atoms with E-state index in [1.807, 2.05) is 13.8 Å². The van der Waals surface area contributed by atoms with Gasteiger partial charge in [0.1, 0.15) is 6.42 Å². The Bertz CT molecular complexity index is 663. The van der Waals surface area contributed by atoms with Gasteiger partial charge in [0.25, 0.3) is 11.8 Å². The maximum atomic E-state index is 12.3. The first kappa shape index (κ1) is 17.0. The van der Waals surface area contributed by atoms with Gasteiger partial charge in [-0.1, -0.05) is 19.0 Å². The van der Waals surface area contributed by atoms with Crippen LogP contribution in [0.2, 0.25) is 0 Å². The Balaban J connectivity index is 2.06. The number of halogens is 3. The van der Waals surface area contributed by atoms with Gasteiger partial charge in [0, 0.05) is 17.7 Å². The first-order chi connectivity index (χ1) is 10.7. The quantitative estimate of drug-likeness (QED) is 0.915. The van der Waals surface area contributed by atoms with Gasteiger partial charge in [-0.2, -0.15) is 18.2 Å². The van der Waals surface area contributed by atoms with Crippen molar-refractivity contribution >= 4 is 5.91 Å². The molecule has 0 saturated heterocycles. The van der Waals surface area contributed by atoms with E-state index in [2.05, 4.69) is 15.5 Å². The van der Waals surface area contributed by atoms with E-state index >= 15 is 0 Å². The number of hydrogen-bond donors (Lipinski definition) is 1. The number of rotatable bonds is 5. The molecule has 0 aliphatic rings. The van der Waals surface area contributed by atoms with Gasteiger partial charge in [0.05, 0.1) is 0 Å². The average molecular weight is 327 g/mol. The molecule has 0 radical (unpaired) electrons. The van der Waals surface area contributed by atoms with Crippen LogP contribution in [-0.2, 0) is 6.42 Å². The molecule has 2 aromatic rings. The van der Waals surface area contributed by atoms with Crippen LogP contribution in [0, 0.1) is 5.92 Å². The predicted octanol–water partition coefficient (Wildman–Crippen LogP) is 3.23. The van der Waals surface area contributed by atoms with Crippen molar-refractivity contribution in [3.8, 4) is 11.5 Å². The number of nitrogens with one attached hydrogen (secondary N) is 1. The number of carbonyl (C=O) groups excluding carboxylic acids is 1. The molecule has 23 heavy (non-hydrogen) atoms. The van der Waals surface area contributed by atoms with Crippen molar-refractivity contribution in [3.05, 3.63) is 35.7 Å². The maximum Gasteiger partial charge on any atom is 0.396 e. The lowest BCUT2D eigenvalue weighted by Gasteiger charge is -2.07. The van der Waals surface area contributed by atoms with Crippen LogP contribution in [0.3, 0.4) is 0 Å². The van der Waals surface area contributed by atoms with E-state index in [0.29, 0.717) is 23.6 Å². The summed E-state index contributed by atoms with van der Waals surface area (Å²) in [4.78, 5) is 15.6. The van der Waals surface area contributed by atoms with Crippen LogP contribution in [0.4, 0.5) is 13.2 Å². The lowest BCUT2D eigenvalue weighted by Crippen LogP contribution is -2.27. The molecule has 1 aromatic heterocycles. The zero-order valence-electron chi connectivity index (χ0n) is 12.6. The zero-order chi connectivity index (χ0) is 17.0.